The first kappa shape index (κ1) is 28.6. The summed E-state index contributed by atoms with van der Waals surface area (Å²) in [6.45, 7) is 4.66. The van der Waals surface area contributed by atoms with Crippen molar-refractivity contribution in [1.82, 2.24) is 9.88 Å². The third-order valence-corrected chi connectivity index (χ3v) is 7.89. The largest absolute Gasteiger partial charge is 0.461 e. The van der Waals surface area contributed by atoms with Crippen LogP contribution in [0.3, 0.4) is 0 Å². The van der Waals surface area contributed by atoms with Gasteiger partial charge in [-0.1, -0.05) is 13.8 Å². The summed E-state index contributed by atoms with van der Waals surface area (Å²) in [6, 6.07) is 8.30. The van der Waals surface area contributed by atoms with Gasteiger partial charge in [0.05, 0.1) is 11.1 Å². The monoisotopic (exact) mass is 557 g/mol. The van der Waals surface area contributed by atoms with Gasteiger partial charge < -0.3 is 15.8 Å². The van der Waals surface area contributed by atoms with Gasteiger partial charge in [0.15, 0.2) is 5.78 Å². The quantitative estimate of drug-likeness (QED) is 0.253. The molecule has 39 heavy (non-hydrogen) atoms. The van der Waals surface area contributed by atoms with Crippen molar-refractivity contribution in [2.24, 2.45) is 5.92 Å². The number of rotatable bonds is 11. The van der Waals surface area contributed by atoms with Crippen LogP contribution in [-0.2, 0) is 16.0 Å². The number of carbonyl (C=O) groups excluding carboxylic acids is 2. The summed E-state index contributed by atoms with van der Waals surface area (Å²) in [6.07, 6.45) is 5.31. The SMILES string of the molecule is CC(C)C[C@H](NCCc1ccc(-n2c(N)c(C(=O)c3ccc(F)cc3F)ccc2=O)s1)C(=O)OC1CCCC1. The number of nitrogens with one attached hydrogen (secondary N) is 1. The number of hydrogen-bond acceptors (Lipinski definition) is 7. The highest BCUT2D eigenvalue weighted by Gasteiger charge is 2.26. The predicted octanol–water partition coefficient (Wildman–Crippen LogP) is 5.02. The van der Waals surface area contributed by atoms with E-state index in [0.29, 0.717) is 36.4 Å². The van der Waals surface area contributed by atoms with Crippen LogP contribution < -0.4 is 16.6 Å². The Labute approximate surface area is 230 Å². The van der Waals surface area contributed by atoms with Crippen LogP contribution in [0, 0.1) is 17.6 Å². The molecule has 3 aromatic rings. The number of pyridine rings is 1. The highest BCUT2D eigenvalue weighted by Crippen LogP contribution is 2.26. The Morgan fingerprint density at radius 1 is 1.10 bits per heavy atom. The van der Waals surface area contributed by atoms with Crippen molar-refractivity contribution in [3.8, 4) is 5.00 Å². The zero-order valence-electron chi connectivity index (χ0n) is 22.0. The van der Waals surface area contributed by atoms with Gasteiger partial charge in [0.25, 0.3) is 5.56 Å². The van der Waals surface area contributed by atoms with Crippen LogP contribution in [0.5, 0.6) is 0 Å². The number of esters is 1. The lowest BCUT2D eigenvalue weighted by Gasteiger charge is -2.21. The molecule has 2 heterocycles. The molecule has 1 aromatic carbocycles. The molecule has 0 spiro atoms. The normalized spacial score (nSPS) is 14.6. The second-order valence-electron chi connectivity index (χ2n) is 10.2. The first-order chi connectivity index (χ1) is 18.6. The summed E-state index contributed by atoms with van der Waals surface area (Å²) in [4.78, 5) is 39.3. The first-order valence-electron chi connectivity index (χ1n) is 13.2. The molecule has 7 nitrogen and oxygen atoms in total. The number of anilines is 1. The number of benzene rings is 1. The maximum Gasteiger partial charge on any atom is 0.323 e. The van der Waals surface area contributed by atoms with Gasteiger partial charge in [-0.05, 0) is 74.8 Å². The number of nitrogens with zero attached hydrogens (tertiary/aromatic N) is 1. The lowest BCUT2D eigenvalue weighted by molar-refractivity contribution is -0.151. The van der Waals surface area contributed by atoms with Gasteiger partial charge in [0.1, 0.15) is 34.6 Å². The Morgan fingerprint density at radius 3 is 2.51 bits per heavy atom. The third-order valence-electron chi connectivity index (χ3n) is 6.76. The van der Waals surface area contributed by atoms with Crippen LogP contribution in [0.1, 0.15) is 66.8 Å². The summed E-state index contributed by atoms with van der Waals surface area (Å²) < 4.78 is 34.4. The van der Waals surface area contributed by atoms with E-state index in [9.17, 15) is 23.2 Å². The molecule has 1 fully saturated rings. The van der Waals surface area contributed by atoms with E-state index in [1.165, 1.54) is 28.0 Å². The number of hydrogen-bond donors (Lipinski definition) is 2. The molecular formula is C29H33F2N3O4S. The van der Waals surface area contributed by atoms with Crippen LogP contribution in [0.15, 0.2) is 47.3 Å². The van der Waals surface area contributed by atoms with Gasteiger partial charge in [-0.3, -0.25) is 19.0 Å². The number of carbonyl (C=O) groups is 2. The standard InChI is InChI=1S/C29H33F2N3O4S/c1-17(2)15-24(29(37)38-19-5-3-4-6-19)33-14-13-20-8-12-26(39-20)34-25(35)11-10-22(28(34)32)27(36)21-9-7-18(30)16-23(21)31/h7-12,16-17,19,24,33H,3-6,13-15,32H2,1-2H3/t24-/m0/s1. The molecule has 0 unspecified atom stereocenters. The van der Waals surface area contributed by atoms with Gasteiger partial charge in [-0.2, -0.15) is 0 Å². The molecule has 0 saturated heterocycles. The fourth-order valence-corrected chi connectivity index (χ4v) is 5.79. The Hall–Kier alpha value is -3.37. The van der Waals surface area contributed by atoms with Crippen LogP contribution in [0.4, 0.5) is 14.6 Å². The molecule has 4 rings (SSSR count). The molecule has 1 aliphatic rings. The van der Waals surface area contributed by atoms with Crippen molar-refractivity contribution < 1.29 is 23.1 Å². The average Bonchev–Trinajstić information content (AvgIpc) is 3.55. The molecule has 0 aliphatic heterocycles. The molecule has 3 N–H and O–H groups in total. The molecule has 0 bridgehead atoms. The predicted molar refractivity (Wildman–Crippen MR) is 147 cm³/mol. The van der Waals surface area contributed by atoms with E-state index in [-0.39, 0.29) is 29.0 Å². The second kappa shape index (κ2) is 12.7. The van der Waals surface area contributed by atoms with Crippen LogP contribution in [0.25, 0.3) is 5.00 Å². The minimum Gasteiger partial charge on any atom is -0.461 e. The van der Waals surface area contributed by atoms with E-state index < -0.39 is 29.0 Å². The highest BCUT2D eigenvalue weighted by molar-refractivity contribution is 7.14. The number of ketones is 1. The van der Waals surface area contributed by atoms with E-state index in [1.807, 2.05) is 6.07 Å². The molecule has 1 atom stereocenters. The molecule has 2 aromatic heterocycles. The van der Waals surface area contributed by atoms with Crippen molar-refractivity contribution in [2.75, 3.05) is 12.3 Å². The van der Waals surface area contributed by atoms with Gasteiger partial charge in [0.2, 0.25) is 0 Å². The summed E-state index contributed by atoms with van der Waals surface area (Å²) in [5.41, 5.74) is 5.38. The van der Waals surface area contributed by atoms with Gasteiger partial charge in [0, 0.05) is 23.6 Å². The molecule has 0 amide bonds. The Morgan fingerprint density at radius 2 is 1.82 bits per heavy atom. The molecular weight excluding hydrogens is 524 g/mol. The zero-order valence-corrected chi connectivity index (χ0v) is 22.9. The van der Waals surface area contributed by atoms with E-state index in [1.54, 1.807) is 6.07 Å². The van der Waals surface area contributed by atoms with Crippen molar-refractivity contribution in [3.63, 3.8) is 0 Å². The zero-order chi connectivity index (χ0) is 28.1. The van der Waals surface area contributed by atoms with E-state index in [4.69, 9.17) is 10.5 Å². The van der Waals surface area contributed by atoms with Crippen LogP contribution in [0.2, 0.25) is 0 Å². The Bertz CT molecular complexity index is 1400. The van der Waals surface area contributed by atoms with Crippen molar-refractivity contribution in [1.29, 1.82) is 0 Å². The number of halogens is 2. The number of nitrogens with two attached hydrogens (primary N) is 1. The smallest absolute Gasteiger partial charge is 0.323 e. The number of ether oxygens (including phenoxy) is 1. The maximum absolute atomic E-state index is 14.2. The Kier molecular flexibility index (Phi) is 9.29. The van der Waals surface area contributed by atoms with Crippen molar-refractivity contribution in [2.45, 2.75) is 64.5 Å². The maximum atomic E-state index is 14.2. The molecule has 1 aliphatic carbocycles. The lowest BCUT2D eigenvalue weighted by atomic mass is 10.0. The van der Waals surface area contributed by atoms with E-state index >= 15 is 0 Å². The average molecular weight is 558 g/mol. The lowest BCUT2D eigenvalue weighted by Crippen LogP contribution is -2.41. The van der Waals surface area contributed by atoms with Crippen molar-refractivity contribution in [3.05, 3.63) is 80.5 Å². The van der Waals surface area contributed by atoms with Crippen LogP contribution >= 0.6 is 11.3 Å². The first-order valence-corrected chi connectivity index (χ1v) is 14.0. The fourth-order valence-electron chi connectivity index (χ4n) is 4.77. The summed E-state index contributed by atoms with van der Waals surface area (Å²) in [7, 11) is 0. The second-order valence-corrected chi connectivity index (χ2v) is 11.4. The van der Waals surface area contributed by atoms with Crippen molar-refractivity contribution >= 4 is 28.9 Å². The summed E-state index contributed by atoms with van der Waals surface area (Å²) in [5.74, 6) is -2.58. The van der Waals surface area contributed by atoms with Gasteiger partial charge in [-0.25, -0.2) is 8.78 Å². The topological polar surface area (TPSA) is 103 Å². The van der Waals surface area contributed by atoms with Gasteiger partial charge >= 0.3 is 5.97 Å². The summed E-state index contributed by atoms with van der Waals surface area (Å²) in [5, 5.41) is 3.83. The molecule has 1 saturated carbocycles. The minimum absolute atomic E-state index is 0.0137. The van der Waals surface area contributed by atoms with E-state index in [2.05, 4.69) is 19.2 Å². The molecule has 0 radical (unpaired) electrons. The minimum atomic E-state index is -1.01. The highest BCUT2D eigenvalue weighted by atomic mass is 32.1. The van der Waals surface area contributed by atoms with Gasteiger partial charge in [-0.15, -0.1) is 11.3 Å². The molecule has 10 heteroatoms. The number of nitrogen functional groups attached to an aromatic ring is 1. The van der Waals surface area contributed by atoms with E-state index in [0.717, 1.165) is 42.7 Å². The molecule has 208 valence electrons. The third kappa shape index (κ3) is 6.99. The van der Waals surface area contributed by atoms with Crippen LogP contribution in [-0.4, -0.2) is 35.0 Å². The Balaban J connectivity index is 1.46. The summed E-state index contributed by atoms with van der Waals surface area (Å²) >= 11 is 1.33. The number of thiophene rings is 1. The fraction of sp³-hybridized carbons (Fsp3) is 0.414. The number of aromatic nitrogens is 1.